The maximum atomic E-state index is 10.3. The van der Waals surface area contributed by atoms with Gasteiger partial charge in [0.05, 0.1) is 4.11 Å². The predicted octanol–water partition coefficient (Wildman–Crippen LogP) is 7.59. The number of hydrogen-bond donors (Lipinski definition) is 0. The van der Waals surface area contributed by atoms with Crippen molar-refractivity contribution in [3.63, 3.8) is 0 Å². The number of furan rings is 1. The van der Waals surface area contributed by atoms with Gasteiger partial charge in [0.1, 0.15) is 5.58 Å². The Hall–Kier alpha value is -3.59. The number of aromatic nitrogens is 1. The maximum absolute atomic E-state index is 10.3. The van der Waals surface area contributed by atoms with E-state index in [1.54, 1.807) is 48.8 Å². The minimum Gasteiger partial charge on any atom is -0.855 e. The van der Waals surface area contributed by atoms with Crippen LogP contribution < -0.4 is 0 Å². The van der Waals surface area contributed by atoms with E-state index < -0.39 is 23.9 Å². The molecule has 3 nitrogen and oxygen atoms in total. The number of benzene rings is 2. The van der Waals surface area contributed by atoms with Crippen molar-refractivity contribution in [3.05, 3.63) is 146 Å². The molecule has 0 unspecified atom stereocenters. The molecule has 0 aliphatic carbocycles. The summed E-state index contributed by atoms with van der Waals surface area (Å²) in [5.41, 5.74) is 1.92. The SMILES string of the molecule is C=C[C-]=CC=C.Cc1ccncc1.[2H]C=C([2H])/C([2H])=C(/[2H])C(=[N-])c1[c-]ccc2c1oc1ccccc12.[Ir+3]. The molecular weight excluding hydrogens is 585 g/mol. The summed E-state index contributed by atoms with van der Waals surface area (Å²) < 4.78 is 35.7. The van der Waals surface area contributed by atoms with Gasteiger partial charge in [0.2, 0.25) is 0 Å². The summed E-state index contributed by atoms with van der Waals surface area (Å²) in [6, 6.07) is 16.0. The topological polar surface area (TPSA) is 48.3 Å². The predicted molar refractivity (Wildman–Crippen MR) is 137 cm³/mol. The minimum absolute atomic E-state index is 0. The van der Waals surface area contributed by atoms with Gasteiger partial charge in [-0.15, -0.1) is 29.8 Å². The van der Waals surface area contributed by atoms with Crippen molar-refractivity contribution in [3.8, 4) is 0 Å². The van der Waals surface area contributed by atoms with Crippen LogP contribution in [0.25, 0.3) is 27.3 Å². The number of hydrogen-bond acceptors (Lipinski definition) is 2. The average molecular weight is 614 g/mol. The molecule has 0 aliphatic rings. The number of aryl methyl sites for hydroxylation is 1. The van der Waals surface area contributed by atoms with Crippen LogP contribution in [0.15, 0.2) is 121 Å². The second-order valence-electron chi connectivity index (χ2n) is 6.23. The van der Waals surface area contributed by atoms with Crippen LogP contribution in [-0.4, -0.2) is 10.7 Å². The Morgan fingerprint density at radius 3 is 2.55 bits per heavy atom. The fraction of sp³-hybridized carbons (Fsp3) is 0.0345. The van der Waals surface area contributed by atoms with Crippen molar-refractivity contribution in [1.29, 1.82) is 0 Å². The van der Waals surface area contributed by atoms with Crippen LogP contribution >= 0.6 is 0 Å². The first-order valence-corrected chi connectivity index (χ1v) is 9.65. The smallest absolute Gasteiger partial charge is 0.855 e. The third-order valence-electron chi connectivity index (χ3n) is 4.01. The van der Waals surface area contributed by atoms with E-state index in [1.165, 1.54) is 5.56 Å². The monoisotopic (exact) mass is 614 g/mol. The van der Waals surface area contributed by atoms with Crippen LogP contribution in [0, 0.1) is 19.1 Å². The summed E-state index contributed by atoms with van der Waals surface area (Å²) in [7, 11) is 0. The summed E-state index contributed by atoms with van der Waals surface area (Å²) >= 11 is 0. The van der Waals surface area contributed by atoms with Crippen LogP contribution in [-0.2, 0) is 20.1 Å². The normalized spacial score (nSPS) is 12.9. The van der Waals surface area contributed by atoms with Crippen LogP contribution in [0.5, 0.6) is 0 Å². The molecule has 4 heteroatoms. The van der Waals surface area contributed by atoms with Gasteiger partial charge in [-0.05, 0) is 30.7 Å². The molecule has 0 bridgehead atoms. The zero-order chi connectivity index (χ0) is 26.5. The number of nitrogens with zero attached hydrogens (tertiary/aromatic N) is 2. The minimum atomic E-state index is -0.553. The molecule has 0 fully saturated rings. The fourth-order valence-electron chi connectivity index (χ4n) is 2.59. The Balaban J connectivity index is 0.000000403. The van der Waals surface area contributed by atoms with E-state index in [2.05, 4.69) is 30.3 Å². The molecule has 0 spiro atoms. The Morgan fingerprint density at radius 1 is 1.18 bits per heavy atom. The molecule has 0 saturated carbocycles. The van der Waals surface area contributed by atoms with Crippen molar-refractivity contribution in [2.75, 3.05) is 0 Å². The molecule has 166 valence electrons. The van der Waals surface area contributed by atoms with E-state index in [1.807, 2.05) is 37.3 Å². The number of allylic oxidation sites excluding steroid dienone is 7. The molecule has 4 aromatic rings. The van der Waals surface area contributed by atoms with Crippen molar-refractivity contribution in [2.45, 2.75) is 6.92 Å². The van der Waals surface area contributed by atoms with Crippen molar-refractivity contribution in [1.82, 2.24) is 4.98 Å². The number of pyridine rings is 1. The van der Waals surface area contributed by atoms with Crippen molar-refractivity contribution in [2.24, 2.45) is 0 Å². The first kappa shape index (κ1) is 21.3. The van der Waals surface area contributed by atoms with Gasteiger partial charge in [0.15, 0.2) is 0 Å². The number of para-hydroxylation sites is 1. The van der Waals surface area contributed by atoms with Crippen LogP contribution in [0.1, 0.15) is 16.6 Å². The van der Waals surface area contributed by atoms with Gasteiger partial charge < -0.3 is 9.83 Å². The Kier molecular flexibility index (Phi) is 9.83. The molecule has 4 rings (SSSR count). The molecule has 2 aromatic carbocycles. The van der Waals surface area contributed by atoms with Crippen LogP contribution in [0.3, 0.4) is 0 Å². The van der Waals surface area contributed by atoms with Crippen LogP contribution in [0.2, 0.25) is 0 Å². The summed E-state index contributed by atoms with van der Waals surface area (Å²) in [4.78, 5) is 3.85. The van der Waals surface area contributed by atoms with E-state index in [-0.39, 0.29) is 25.7 Å². The first-order chi connectivity index (χ1) is 17.3. The van der Waals surface area contributed by atoms with Gasteiger partial charge in [0.25, 0.3) is 0 Å². The summed E-state index contributed by atoms with van der Waals surface area (Å²) in [6.45, 7) is 9.53. The Labute approximate surface area is 215 Å². The van der Waals surface area contributed by atoms with Gasteiger partial charge in [-0.2, -0.15) is 37.5 Å². The zero-order valence-corrected chi connectivity index (χ0v) is 20.5. The zero-order valence-electron chi connectivity index (χ0n) is 22.1. The largest absolute Gasteiger partial charge is 3.00 e. The molecule has 2 aromatic heterocycles. The van der Waals surface area contributed by atoms with Gasteiger partial charge in [-0.3, -0.25) is 4.98 Å². The molecule has 33 heavy (non-hydrogen) atoms. The van der Waals surface area contributed by atoms with E-state index in [0.29, 0.717) is 17.7 Å². The summed E-state index contributed by atoms with van der Waals surface area (Å²) in [6.07, 6.45) is 11.2. The van der Waals surface area contributed by atoms with Gasteiger partial charge >= 0.3 is 20.1 Å². The van der Waals surface area contributed by atoms with Gasteiger partial charge in [-0.1, -0.05) is 42.2 Å². The van der Waals surface area contributed by atoms with Crippen LogP contribution in [0.4, 0.5) is 0 Å². The average Bonchev–Trinajstić information content (AvgIpc) is 3.30. The first-order valence-electron chi connectivity index (χ1n) is 11.7. The molecule has 0 N–H and O–H groups in total. The second-order valence-corrected chi connectivity index (χ2v) is 6.23. The summed E-state index contributed by atoms with van der Waals surface area (Å²) in [5, 5.41) is 12.0. The molecule has 0 aliphatic heterocycles. The Morgan fingerprint density at radius 2 is 1.94 bits per heavy atom. The van der Waals surface area contributed by atoms with Gasteiger partial charge in [-0.25, -0.2) is 5.71 Å². The van der Waals surface area contributed by atoms with Gasteiger partial charge in [0, 0.05) is 24.7 Å². The van der Waals surface area contributed by atoms with Crippen molar-refractivity contribution >= 4 is 27.7 Å². The third kappa shape index (κ3) is 8.46. The number of fused-ring (bicyclic) bond motifs is 3. The standard InChI is InChI=1S/C17H11NO.C6H7N.C6H7.Ir/c1-2-3-10-15(18)14-9-6-8-13-12-7-4-5-11-16(12)19-17(13)14;1-6-2-4-7-5-3-6;1-3-5-6-4-2;/h2-8,10-11H,1H2;2-5H,1H3;3-5H,1-2H2;/q-2;;-1;+3/b10-3-;;;/i1D,2D,3D,10D;;;/b2-1?,10-3-;;;. The molecule has 0 radical (unpaired) electrons. The number of rotatable bonds is 5. The van der Waals surface area contributed by atoms with E-state index in [0.717, 1.165) is 10.8 Å². The van der Waals surface area contributed by atoms with E-state index in [4.69, 9.17) is 9.90 Å². The summed E-state index contributed by atoms with van der Waals surface area (Å²) in [5.74, 6) is 0. The van der Waals surface area contributed by atoms with Crippen molar-refractivity contribution < 1.29 is 30.0 Å². The fourth-order valence-corrected chi connectivity index (χ4v) is 2.59. The quantitative estimate of drug-likeness (QED) is 0.132. The molecule has 0 saturated heterocycles. The maximum Gasteiger partial charge on any atom is 3.00 e. The van der Waals surface area contributed by atoms with E-state index in [9.17, 15) is 5.41 Å². The molecule has 0 atom stereocenters. The van der Waals surface area contributed by atoms with E-state index >= 15 is 0 Å². The molecule has 0 amide bonds. The molecular formula is C29H25IrN2O. The third-order valence-corrected chi connectivity index (χ3v) is 4.01. The second kappa shape index (κ2) is 15.3. The Bertz CT molecular complexity index is 1430. The molecule has 2 heterocycles.